The molecule has 7 nitrogen and oxygen atoms in total. The van der Waals surface area contributed by atoms with E-state index in [-0.39, 0.29) is 5.91 Å². The van der Waals surface area contributed by atoms with Gasteiger partial charge in [-0.3, -0.25) is 14.3 Å². The van der Waals surface area contributed by atoms with Crippen molar-refractivity contribution in [3.8, 4) is 17.1 Å². The molecule has 0 aliphatic rings. The van der Waals surface area contributed by atoms with Gasteiger partial charge in [0.15, 0.2) is 11.0 Å². The third kappa shape index (κ3) is 5.61. The van der Waals surface area contributed by atoms with E-state index in [9.17, 15) is 4.79 Å². The highest BCUT2D eigenvalue weighted by atomic mass is 35.5. The van der Waals surface area contributed by atoms with Crippen LogP contribution in [-0.2, 0) is 5.75 Å². The van der Waals surface area contributed by atoms with E-state index in [2.05, 4.69) is 39.3 Å². The Kier molecular flexibility index (Phi) is 7.42. The maximum absolute atomic E-state index is 12.3. The highest BCUT2D eigenvalue weighted by molar-refractivity contribution is 7.98. The quantitative estimate of drug-likeness (QED) is 0.326. The molecule has 1 N–H and O–H groups in total. The second-order valence-corrected chi connectivity index (χ2v) is 10.1. The summed E-state index contributed by atoms with van der Waals surface area (Å²) in [5.74, 6) is 1.52. The number of carbonyl (C=O) groups excluding carboxylic acids is 1. The Morgan fingerprint density at radius 3 is 2.76 bits per heavy atom. The molecular weight excluding hydrogens is 476 g/mol. The highest BCUT2D eigenvalue weighted by Crippen LogP contribution is 2.32. The number of benzene rings is 1. The van der Waals surface area contributed by atoms with E-state index < -0.39 is 0 Å². The van der Waals surface area contributed by atoms with E-state index in [4.69, 9.17) is 11.6 Å². The summed E-state index contributed by atoms with van der Waals surface area (Å²) in [7, 11) is 0. The van der Waals surface area contributed by atoms with Gasteiger partial charge in [0.2, 0.25) is 0 Å². The molecule has 4 aromatic rings. The van der Waals surface area contributed by atoms with E-state index in [1.165, 1.54) is 23.1 Å². The van der Waals surface area contributed by atoms with Crippen LogP contribution in [0.1, 0.15) is 34.9 Å². The molecule has 170 valence electrons. The van der Waals surface area contributed by atoms with Gasteiger partial charge >= 0.3 is 0 Å². The van der Waals surface area contributed by atoms with Gasteiger partial charge in [0, 0.05) is 34.9 Å². The van der Waals surface area contributed by atoms with Crippen molar-refractivity contribution in [1.29, 1.82) is 0 Å². The Bertz CT molecular complexity index is 1260. The summed E-state index contributed by atoms with van der Waals surface area (Å²) in [5, 5.41) is 15.8. The molecule has 4 rings (SSSR count). The molecule has 0 fully saturated rings. The molecule has 33 heavy (non-hydrogen) atoms. The zero-order chi connectivity index (χ0) is 23.4. The first-order valence-corrected chi connectivity index (χ1v) is 12.6. The van der Waals surface area contributed by atoms with Crippen molar-refractivity contribution < 1.29 is 4.79 Å². The van der Waals surface area contributed by atoms with Crippen molar-refractivity contribution >= 4 is 40.6 Å². The van der Waals surface area contributed by atoms with Crippen LogP contribution in [0.3, 0.4) is 0 Å². The van der Waals surface area contributed by atoms with Crippen LogP contribution in [0.2, 0.25) is 5.02 Å². The summed E-state index contributed by atoms with van der Waals surface area (Å²) in [6.07, 6.45) is 3.46. The zero-order valence-electron chi connectivity index (χ0n) is 18.4. The minimum Gasteiger partial charge on any atom is -0.350 e. The topological polar surface area (TPSA) is 85.6 Å². The van der Waals surface area contributed by atoms with Gasteiger partial charge in [-0.2, -0.15) is 0 Å². The minimum absolute atomic E-state index is 0.145. The number of pyridine rings is 1. The Balaban J connectivity index is 1.61. The second kappa shape index (κ2) is 10.5. The van der Waals surface area contributed by atoms with Crippen molar-refractivity contribution in [3.05, 3.63) is 69.4 Å². The first-order valence-electron chi connectivity index (χ1n) is 10.4. The van der Waals surface area contributed by atoms with Crippen molar-refractivity contribution in [2.45, 2.75) is 31.7 Å². The summed E-state index contributed by atoms with van der Waals surface area (Å²) >= 11 is 9.30. The number of aryl methyl sites for hydroxylation is 1. The number of nitrogens with zero attached hydrogens (tertiary/aromatic N) is 5. The molecule has 0 bridgehead atoms. The third-order valence-electron chi connectivity index (χ3n) is 4.76. The predicted molar refractivity (Wildman–Crippen MR) is 133 cm³/mol. The second-order valence-electron chi connectivity index (χ2n) is 7.83. The summed E-state index contributed by atoms with van der Waals surface area (Å²) in [6.45, 7) is 6.77. The number of hydrogen-bond acceptors (Lipinski definition) is 7. The summed E-state index contributed by atoms with van der Waals surface area (Å²) in [5.41, 5.74) is 3.31. The van der Waals surface area contributed by atoms with E-state index in [0.717, 1.165) is 21.8 Å². The van der Waals surface area contributed by atoms with Gasteiger partial charge in [-0.15, -0.1) is 21.5 Å². The van der Waals surface area contributed by atoms with Gasteiger partial charge in [0.05, 0.1) is 11.4 Å². The van der Waals surface area contributed by atoms with Gasteiger partial charge in [-0.1, -0.05) is 43.3 Å². The SMILES string of the molecule is Cc1ccc(Cl)cc1-n1c(SCc2nc(C(=O)NCC(C)C)cs2)nnc1-c1ccncc1. The molecule has 1 aromatic carbocycles. The van der Waals surface area contributed by atoms with Crippen LogP contribution in [0.5, 0.6) is 0 Å². The number of rotatable bonds is 8. The predicted octanol–water partition coefficient (Wildman–Crippen LogP) is 5.43. The number of hydrogen-bond donors (Lipinski definition) is 1. The van der Waals surface area contributed by atoms with E-state index in [1.807, 2.05) is 41.8 Å². The summed E-state index contributed by atoms with van der Waals surface area (Å²) in [6, 6.07) is 9.56. The van der Waals surface area contributed by atoms with Gasteiger partial charge in [0.25, 0.3) is 5.91 Å². The number of aromatic nitrogens is 5. The Morgan fingerprint density at radius 2 is 2.00 bits per heavy atom. The van der Waals surface area contributed by atoms with Crippen LogP contribution in [0.25, 0.3) is 17.1 Å². The molecule has 0 unspecified atom stereocenters. The average Bonchev–Trinajstić information content (AvgIpc) is 3.45. The average molecular weight is 499 g/mol. The lowest BCUT2D eigenvalue weighted by Gasteiger charge is -2.13. The maximum Gasteiger partial charge on any atom is 0.270 e. The molecule has 3 aromatic heterocycles. The number of thiazole rings is 1. The molecule has 0 radical (unpaired) electrons. The number of carbonyl (C=O) groups is 1. The van der Waals surface area contributed by atoms with Crippen LogP contribution in [-0.4, -0.2) is 37.2 Å². The smallest absolute Gasteiger partial charge is 0.270 e. The lowest BCUT2D eigenvalue weighted by atomic mass is 10.2. The van der Waals surface area contributed by atoms with Crippen LogP contribution in [0.15, 0.2) is 53.3 Å². The molecule has 10 heteroatoms. The maximum atomic E-state index is 12.3. The Morgan fingerprint density at radius 1 is 1.21 bits per heavy atom. The molecule has 0 saturated heterocycles. The fourth-order valence-electron chi connectivity index (χ4n) is 3.09. The lowest BCUT2D eigenvalue weighted by molar-refractivity contribution is 0.0944. The first kappa shape index (κ1) is 23.4. The molecule has 3 heterocycles. The monoisotopic (exact) mass is 498 g/mol. The van der Waals surface area contributed by atoms with Crippen molar-refractivity contribution in [2.24, 2.45) is 5.92 Å². The van der Waals surface area contributed by atoms with Crippen LogP contribution < -0.4 is 5.32 Å². The molecule has 0 atom stereocenters. The molecular formula is C23H23ClN6OS2. The van der Waals surface area contributed by atoms with E-state index >= 15 is 0 Å². The highest BCUT2D eigenvalue weighted by Gasteiger charge is 2.19. The standard InChI is InChI=1S/C23H23ClN6OS2/c1-14(2)11-26-22(31)18-12-32-20(27-18)13-33-23-29-28-21(16-6-8-25-9-7-16)30(23)19-10-17(24)5-4-15(19)3/h4-10,12,14H,11,13H2,1-3H3,(H,26,31). The first-order chi connectivity index (χ1) is 15.9. The van der Waals surface area contributed by atoms with Crippen LogP contribution in [0, 0.1) is 12.8 Å². The molecule has 0 spiro atoms. The number of halogens is 1. The van der Waals surface area contributed by atoms with E-state index in [0.29, 0.717) is 39.9 Å². The fourth-order valence-corrected chi connectivity index (χ4v) is 4.99. The molecule has 0 aliphatic heterocycles. The largest absolute Gasteiger partial charge is 0.350 e. The number of amides is 1. The number of thioether (sulfide) groups is 1. The van der Waals surface area contributed by atoms with Gasteiger partial charge in [-0.25, -0.2) is 4.98 Å². The third-order valence-corrected chi connectivity index (χ3v) is 6.97. The van der Waals surface area contributed by atoms with Crippen LogP contribution >= 0.6 is 34.7 Å². The normalized spacial score (nSPS) is 11.2. The van der Waals surface area contributed by atoms with Crippen molar-refractivity contribution in [3.63, 3.8) is 0 Å². The van der Waals surface area contributed by atoms with Crippen LogP contribution in [0.4, 0.5) is 0 Å². The molecule has 1 amide bonds. The van der Waals surface area contributed by atoms with Crippen molar-refractivity contribution in [2.75, 3.05) is 6.54 Å². The minimum atomic E-state index is -0.145. The van der Waals surface area contributed by atoms with E-state index in [1.54, 1.807) is 17.8 Å². The Labute approximate surface area is 205 Å². The summed E-state index contributed by atoms with van der Waals surface area (Å²) in [4.78, 5) is 20.9. The molecule has 0 aliphatic carbocycles. The Hall–Kier alpha value is -2.75. The van der Waals surface area contributed by atoms with Gasteiger partial charge < -0.3 is 5.32 Å². The van der Waals surface area contributed by atoms with Gasteiger partial charge in [0.1, 0.15) is 10.7 Å². The van der Waals surface area contributed by atoms with Crippen molar-refractivity contribution in [1.82, 2.24) is 30.0 Å². The zero-order valence-corrected chi connectivity index (χ0v) is 20.8. The molecule has 0 saturated carbocycles. The number of nitrogens with one attached hydrogen (secondary N) is 1. The summed E-state index contributed by atoms with van der Waals surface area (Å²) < 4.78 is 2.01. The fraction of sp³-hybridized carbons (Fsp3) is 0.261. The lowest BCUT2D eigenvalue weighted by Crippen LogP contribution is -2.27. The van der Waals surface area contributed by atoms with Gasteiger partial charge in [-0.05, 0) is 42.7 Å².